The van der Waals surface area contributed by atoms with Crippen LogP contribution in [0.25, 0.3) is 0 Å². The van der Waals surface area contributed by atoms with Gasteiger partial charge in [0, 0.05) is 12.1 Å². The lowest BCUT2D eigenvalue weighted by Gasteiger charge is -2.34. The Morgan fingerprint density at radius 2 is 1.83 bits per heavy atom. The maximum Gasteiger partial charge on any atom is 0.341 e. The number of hydrogen-bond acceptors (Lipinski definition) is 5. The van der Waals surface area contributed by atoms with Crippen LogP contribution in [0.1, 0.15) is 43.0 Å². The zero-order chi connectivity index (χ0) is 17.9. The maximum atomic E-state index is 14.2. The predicted molar refractivity (Wildman–Crippen MR) is 82.9 cm³/mol. The van der Waals surface area contributed by atoms with Gasteiger partial charge in [-0.05, 0) is 32.6 Å². The van der Waals surface area contributed by atoms with Gasteiger partial charge in [-0.2, -0.15) is 0 Å². The summed E-state index contributed by atoms with van der Waals surface area (Å²) in [7, 11) is 2.55. The molecule has 1 aliphatic carbocycles. The van der Waals surface area contributed by atoms with Crippen molar-refractivity contribution in [1.82, 2.24) is 0 Å². The van der Waals surface area contributed by atoms with Crippen LogP contribution in [0.2, 0.25) is 0 Å². The molecule has 1 fully saturated rings. The topological polar surface area (TPSA) is 82.1 Å². The van der Waals surface area contributed by atoms with E-state index in [9.17, 15) is 19.1 Å². The summed E-state index contributed by atoms with van der Waals surface area (Å²) in [6, 6.07) is 2.33. The van der Waals surface area contributed by atoms with Crippen molar-refractivity contribution < 1.29 is 33.3 Å². The highest BCUT2D eigenvalue weighted by Crippen LogP contribution is 2.38. The number of carboxylic acid groups (broad SMARTS) is 1. The Labute approximate surface area is 139 Å². The van der Waals surface area contributed by atoms with Gasteiger partial charge < -0.3 is 19.3 Å². The van der Waals surface area contributed by atoms with Crippen molar-refractivity contribution in [3.63, 3.8) is 0 Å². The predicted octanol–water partition coefficient (Wildman–Crippen LogP) is 3.03. The third-order valence-corrected chi connectivity index (χ3v) is 4.51. The molecule has 1 N–H and O–H groups in total. The van der Waals surface area contributed by atoms with E-state index in [-0.39, 0.29) is 23.2 Å². The van der Waals surface area contributed by atoms with E-state index in [1.54, 1.807) is 6.92 Å². The van der Waals surface area contributed by atoms with Gasteiger partial charge in [-0.3, -0.25) is 4.79 Å². The van der Waals surface area contributed by atoms with Crippen molar-refractivity contribution in [3.8, 4) is 11.5 Å². The molecule has 0 atom stereocenters. The Kier molecular flexibility index (Phi) is 5.31. The second-order valence-electron chi connectivity index (χ2n) is 6.16. The molecule has 0 bridgehead atoms. The van der Waals surface area contributed by atoms with E-state index in [0.717, 1.165) is 6.07 Å². The van der Waals surface area contributed by atoms with Crippen LogP contribution in [-0.2, 0) is 9.53 Å². The van der Waals surface area contributed by atoms with Gasteiger partial charge in [-0.15, -0.1) is 0 Å². The maximum absolute atomic E-state index is 14.2. The number of carbonyl (C=O) groups is 2. The van der Waals surface area contributed by atoms with E-state index >= 15 is 0 Å². The van der Waals surface area contributed by atoms with Gasteiger partial charge in [0.1, 0.15) is 11.3 Å². The first-order chi connectivity index (χ1) is 11.3. The quantitative estimate of drug-likeness (QED) is 0.830. The molecule has 7 heteroatoms. The van der Waals surface area contributed by atoms with Crippen molar-refractivity contribution in [3.05, 3.63) is 23.5 Å². The summed E-state index contributed by atoms with van der Waals surface area (Å²) >= 11 is 0. The van der Waals surface area contributed by atoms with Crippen LogP contribution in [0, 0.1) is 11.2 Å². The molecule has 6 nitrogen and oxygen atoms in total. The molecule has 0 aliphatic heterocycles. The van der Waals surface area contributed by atoms with Crippen LogP contribution >= 0.6 is 0 Å². The summed E-state index contributed by atoms with van der Waals surface area (Å²) in [6.07, 6.45) is 1.61. The van der Waals surface area contributed by atoms with Gasteiger partial charge >= 0.3 is 11.9 Å². The highest BCUT2D eigenvalue weighted by molar-refractivity contribution is 5.93. The number of methoxy groups -OCH3 is 2. The lowest BCUT2D eigenvalue weighted by Crippen LogP contribution is -2.36. The Morgan fingerprint density at radius 3 is 2.33 bits per heavy atom. The van der Waals surface area contributed by atoms with Crippen molar-refractivity contribution in [2.24, 2.45) is 5.41 Å². The Balaban J connectivity index is 2.16. The monoisotopic (exact) mass is 340 g/mol. The second kappa shape index (κ2) is 7.07. The van der Waals surface area contributed by atoms with Crippen LogP contribution in [-0.4, -0.2) is 37.4 Å². The van der Waals surface area contributed by atoms with Crippen LogP contribution < -0.4 is 9.47 Å². The van der Waals surface area contributed by atoms with Gasteiger partial charge in [0.2, 0.25) is 0 Å². The van der Waals surface area contributed by atoms with Crippen LogP contribution in [0.4, 0.5) is 4.39 Å². The molecule has 0 radical (unpaired) electrons. The molecule has 1 aromatic carbocycles. The summed E-state index contributed by atoms with van der Waals surface area (Å²) in [5.74, 6) is -2.14. The van der Waals surface area contributed by atoms with Crippen LogP contribution in [0.5, 0.6) is 11.5 Å². The number of esters is 1. The lowest BCUT2D eigenvalue weighted by atomic mass is 9.75. The number of benzene rings is 1. The van der Waals surface area contributed by atoms with E-state index in [0.29, 0.717) is 25.7 Å². The molecule has 1 saturated carbocycles. The molecule has 2 rings (SSSR count). The standard InChI is InChI=1S/C17H21FO6/c1-17(16(20)21)6-4-10(5-7-17)24-14-8-11(15(19)23-3)13(22-2)9-12(14)18/h8-10H,4-7H2,1-3H3,(H,20,21). The normalized spacial score (nSPS) is 23.4. The summed E-state index contributed by atoms with van der Waals surface area (Å²) < 4.78 is 29.5. The zero-order valence-corrected chi connectivity index (χ0v) is 13.9. The Morgan fingerprint density at radius 1 is 1.21 bits per heavy atom. The average molecular weight is 340 g/mol. The molecular weight excluding hydrogens is 319 g/mol. The molecule has 132 valence electrons. The zero-order valence-electron chi connectivity index (χ0n) is 13.9. The molecular formula is C17H21FO6. The molecule has 0 saturated heterocycles. The molecule has 0 heterocycles. The first-order valence-corrected chi connectivity index (χ1v) is 7.66. The number of carbonyl (C=O) groups excluding carboxylic acids is 1. The first kappa shape index (κ1) is 18.0. The minimum absolute atomic E-state index is 0.0637. The molecule has 1 aromatic rings. The largest absolute Gasteiger partial charge is 0.496 e. The Bertz CT molecular complexity index is 634. The summed E-state index contributed by atoms with van der Waals surface area (Å²) in [6.45, 7) is 1.70. The van der Waals surface area contributed by atoms with Gasteiger partial charge in [-0.1, -0.05) is 0 Å². The summed E-state index contributed by atoms with van der Waals surface area (Å²) in [5, 5.41) is 9.23. The molecule has 0 aromatic heterocycles. The molecule has 1 aliphatic rings. The number of carboxylic acids is 1. The van der Waals surface area contributed by atoms with Crippen molar-refractivity contribution in [2.75, 3.05) is 14.2 Å². The van der Waals surface area contributed by atoms with E-state index in [2.05, 4.69) is 4.74 Å². The van der Waals surface area contributed by atoms with E-state index in [4.69, 9.17) is 9.47 Å². The van der Waals surface area contributed by atoms with Crippen LogP contribution in [0.3, 0.4) is 0 Å². The van der Waals surface area contributed by atoms with Gasteiger partial charge in [0.15, 0.2) is 11.6 Å². The third-order valence-electron chi connectivity index (χ3n) is 4.51. The molecule has 24 heavy (non-hydrogen) atoms. The third kappa shape index (κ3) is 3.60. The van der Waals surface area contributed by atoms with Gasteiger partial charge in [-0.25, -0.2) is 9.18 Å². The average Bonchev–Trinajstić information content (AvgIpc) is 2.57. The molecule has 0 unspecified atom stereocenters. The second-order valence-corrected chi connectivity index (χ2v) is 6.16. The number of ether oxygens (including phenoxy) is 3. The number of aliphatic carboxylic acids is 1. The fraction of sp³-hybridized carbons (Fsp3) is 0.529. The van der Waals surface area contributed by atoms with Gasteiger partial charge in [0.25, 0.3) is 0 Å². The smallest absolute Gasteiger partial charge is 0.341 e. The number of hydrogen-bond donors (Lipinski definition) is 1. The minimum atomic E-state index is -0.829. The van der Waals surface area contributed by atoms with Gasteiger partial charge in [0.05, 0.1) is 25.7 Å². The van der Waals surface area contributed by atoms with E-state index in [1.165, 1.54) is 20.3 Å². The van der Waals surface area contributed by atoms with E-state index < -0.39 is 23.2 Å². The number of halogens is 1. The minimum Gasteiger partial charge on any atom is -0.496 e. The lowest BCUT2D eigenvalue weighted by molar-refractivity contribution is -0.150. The number of rotatable bonds is 5. The van der Waals surface area contributed by atoms with Crippen molar-refractivity contribution >= 4 is 11.9 Å². The fourth-order valence-corrected chi connectivity index (χ4v) is 2.80. The van der Waals surface area contributed by atoms with Crippen LogP contribution in [0.15, 0.2) is 12.1 Å². The Hall–Kier alpha value is -2.31. The summed E-state index contributed by atoms with van der Waals surface area (Å²) in [5.41, 5.74) is -0.697. The first-order valence-electron chi connectivity index (χ1n) is 7.66. The highest BCUT2D eigenvalue weighted by Gasteiger charge is 2.38. The summed E-state index contributed by atoms with van der Waals surface area (Å²) in [4.78, 5) is 23.0. The fourth-order valence-electron chi connectivity index (χ4n) is 2.80. The molecule has 0 amide bonds. The SMILES string of the molecule is COC(=O)c1cc(OC2CCC(C)(C(=O)O)CC2)c(F)cc1OC. The van der Waals surface area contributed by atoms with Crippen molar-refractivity contribution in [2.45, 2.75) is 38.7 Å². The molecule has 0 spiro atoms. The van der Waals surface area contributed by atoms with Crippen molar-refractivity contribution in [1.29, 1.82) is 0 Å². The highest BCUT2D eigenvalue weighted by atomic mass is 19.1. The van der Waals surface area contributed by atoms with E-state index in [1.807, 2.05) is 0 Å².